The number of anilines is 2. The molecule has 1 aromatic heterocycles. The van der Waals surface area contributed by atoms with E-state index in [4.69, 9.17) is 9.47 Å². The maximum Gasteiger partial charge on any atom is 0.337 e. The fourth-order valence-electron chi connectivity index (χ4n) is 3.83. The minimum atomic E-state index is -3.05. The van der Waals surface area contributed by atoms with Gasteiger partial charge in [0.2, 0.25) is 10.9 Å². The topological polar surface area (TPSA) is 85.8 Å². The molecule has 0 saturated heterocycles. The second kappa shape index (κ2) is 10.7. The van der Waals surface area contributed by atoms with Crippen molar-refractivity contribution in [2.24, 2.45) is 5.92 Å². The Kier molecular flexibility index (Phi) is 7.50. The summed E-state index contributed by atoms with van der Waals surface area (Å²) in [4.78, 5) is 16.3. The van der Waals surface area contributed by atoms with Gasteiger partial charge >= 0.3 is 5.97 Å². The first-order chi connectivity index (χ1) is 16.5. The van der Waals surface area contributed by atoms with E-state index in [1.807, 2.05) is 24.3 Å². The van der Waals surface area contributed by atoms with Gasteiger partial charge in [-0.1, -0.05) is 48.2 Å². The molecule has 0 radical (unpaired) electrons. The fourth-order valence-corrected chi connectivity index (χ4v) is 5.56. The Morgan fingerprint density at radius 1 is 1.12 bits per heavy atom. The molecule has 1 fully saturated rings. The molecule has 1 aliphatic carbocycles. The highest BCUT2D eigenvalue weighted by atomic mass is 32.2. The van der Waals surface area contributed by atoms with E-state index in [2.05, 4.69) is 16.8 Å². The maximum atomic E-state index is 12.2. The molecule has 0 bridgehead atoms. The molecule has 7 nitrogen and oxygen atoms in total. The van der Waals surface area contributed by atoms with Crippen molar-refractivity contribution in [2.45, 2.75) is 25.7 Å². The lowest BCUT2D eigenvalue weighted by molar-refractivity contribution is 0.0600. The van der Waals surface area contributed by atoms with E-state index >= 15 is 0 Å². The molecule has 0 N–H and O–H groups in total. The van der Waals surface area contributed by atoms with Crippen LogP contribution in [0.2, 0.25) is 0 Å². The number of carbonyl (C=O) groups is 1. The largest absolute Gasteiger partial charge is 0.495 e. The predicted octanol–water partition coefficient (Wildman–Crippen LogP) is 4.81. The number of hydrogen-bond donors (Lipinski definition) is 1. The van der Waals surface area contributed by atoms with Gasteiger partial charge in [-0.15, -0.1) is 0 Å². The highest BCUT2D eigenvalue weighted by Crippen LogP contribution is 2.39. The summed E-state index contributed by atoms with van der Waals surface area (Å²) in [5.41, 5.74) is 2.35. The third-order valence-electron chi connectivity index (χ3n) is 5.60. The molecular weight excluding hydrogens is 472 g/mol. The Morgan fingerprint density at radius 3 is 2.50 bits per heavy atom. The average Bonchev–Trinajstić information content (AvgIpc) is 3.55. The van der Waals surface area contributed by atoms with Crippen molar-refractivity contribution in [3.8, 4) is 28.2 Å². The number of methoxy groups -OCH3 is 2. The third-order valence-corrected chi connectivity index (χ3v) is 7.53. The molecule has 0 aliphatic heterocycles. The smallest absolute Gasteiger partial charge is 0.337 e. The van der Waals surface area contributed by atoms with Crippen LogP contribution in [0.5, 0.6) is 5.75 Å². The van der Waals surface area contributed by atoms with Crippen molar-refractivity contribution >= 4 is 38.9 Å². The van der Waals surface area contributed by atoms with Gasteiger partial charge in [0.05, 0.1) is 31.7 Å². The molecule has 0 unspecified atom stereocenters. The molecule has 1 aliphatic rings. The number of carbonyl (C=O) groups excluding carboxylic acids is 1. The second-order valence-corrected chi connectivity index (χ2v) is 9.64. The normalized spacial score (nSPS) is 13.4. The molecule has 1 heterocycles. The first-order valence-corrected chi connectivity index (χ1v) is 12.7. The van der Waals surface area contributed by atoms with E-state index in [0.29, 0.717) is 15.9 Å². The van der Waals surface area contributed by atoms with Crippen LogP contribution in [0.25, 0.3) is 10.6 Å². The molecule has 9 heteroatoms. The van der Waals surface area contributed by atoms with Gasteiger partial charge in [-0.3, -0.25) is 0 Å². The molecule has 3 aromatic rings. The minimum Gasteiger partial charge on any atom is -0.495 e. The monoisotopic (exact) mass is 496 g/mol. The van der Waals surface area contributed by atoms with Crippen molar-refractivity contribution in [1.29, 1.82) is 0 Å². The van der Waals surface area contributed by atoms with E-state index in [-0.39, 0.29) is 17.0 Å². The molecule has 0 spiro atoms. The van der Waals surface area contributed by atoms with Gasteiger partial charge in [0.1, 0.15) is 15.8 Å². The molecular formula is C25H24N2O5S2. The van der Waals surface area contributed by atoms with Gasteiger partial charge in [0.25, 0.3) is 0 Å². The van der Waals surface area contributed by atoms with E-state index in [1.54, 1.807) is 0 Å². The molecule has 176 valence electrons. The number of hydrogen-bond acceptors (Lipinski definition) is 7. The SMILES string of the molecule is COC(=O)c1ccc(N(c2cnc(-c3ccc(C#CC4CCCC4)cc3)s2)[SH](=O)=O)c(OC)c1. The zero-order valence-corrected chi connectivity index (χ0v) is 20.5. The Labute approximate surface area is 204 Å². The summed E-state index contributed by atoms with van der Waals surface area (Å²) in [5.74, 6) is 6.79. The first-order valence-electron chi connectivity index (χ1n) is 10.8. The Balaban J connectivity index is 1.60. The predicted molar refractivity (Wildman–Crippen MR) is 133 cm³/mol. The maximum absolute atomic E-state index is 12.2. The number of rotatable bonds is 6. The van der Waals surface area contributed by atoms with E-state index in [1.165, 1.54) is 75.6 Å². The van der Waals surface area contributed by atoms with Crippen LogP contribution < -0.4 is 9.04 Å². The number of thiazole rings is 1. The summed E-state index contributed by atoms with van der Waals surface area (Å²) in [7, 11) is -0.365. The number of ether oxygens (including phenoxy) is 2. The average molecular weight is 497 g/mol. The summed E-state index contributed by atoms with van der Waals surface area (Å²) >= 11 is 1.24. The molecule has 4 rings (SSSR count). The quantitative estimate of drug-likeness (QED) is 0.299. The molecule has 0 atom stereocenters. The van der Waals surface area contributed by atoms with Gasteiger partial charge in [-0.2, -0.15) is 0 Å². The first kappa shape index (κ1) is 23.8. The van der Waals surface area contributed by atoms with Crippen LogP contribution in [-0.4, -0.2) is 33.6 Å². The van der Waals surface area contributed by atoms with Gasteiger partial charge in [0.15, 0.2) is 0 Å². The Hall–Kier alpha value is -3.35. The Bertz CT molecular complexity index is 1310. The van der Waals surface area contributed by atoms with Crippen molar-refractivity contribution in [1.82, 2.24) is 4.98 Å². The van der Waals surface area contributed by atoms with Crippen molar-refractivity contribution in [3.05, 3.63) is 59.8 Å². The van der Waals surface area contributed by atoms with E-state index in [0.717, 1.165) is 15.4 Å². The van der Waals surface area contributed by atoms with Gasteiger partial charge < -0.3 is 9.47 Å². The summed E-state index contributed by atoms with van der Waals surface area (Å²) in [6.45, 7) is 0. The fraction of sp³-hybridized carbons (Fsp3) is 0.280. The summed E-state index contributed by atoms with van der Waals surface area (Å²) in [5, 5.41) is 1.08. The van der Waals surface area contributed by atoms with Crippen LogP contribution >= 0.6 is 11.3 Å². The van der Waals surface area contributed by atoms with Crippen LogP contribution in [0, 0.1) is 17.8 Å². The number of thiol groups is 1. The van der Waals surface area contributed by atoms with Gasteiger partial charge in [-0.05, 0) is 43.2 Å². The summed E-state index contributed by atoms with van der Waals surface area (Å²) < 4.78 is 35.6. The summed E-state index contributed by atoms with van der Waals surface area (Å²) in [6, 6.07) is 12.2. The van der Waals surface area contributed by atoms with Crippen molar-refractivity contribution < 1.29 is 22.7 Å². The highest BCUT2D eigenvalue weighted by Gasteiger charge is 2.21. The van der Waals surface area contributed by atoms with Crippen molar-refractivity contribution in [3.63, 3.8) is 0 Å². The van der Waals surface area contributed by atoms with Crippen molar-refractivity contribution in [2.75, 3.05) is 18.5 Å². The number of aromatic nitrogens is 1. The standard InChI is InChI=1S/C25H24N2O5S2/c1-31-22-15-20(25(28)32-2)13-14-21(22)27(34(29)30)23-16-26-24(33-23)19-11-9-18(10-12-19)8-7-17-5-3-4-6-17/h9-17,34H,3-6H2,1-2H3. The second-order valence-electron chi connectivity index (χ2n) is 7.76. The van der Waals surface area contributed by atoms with Crippen LogP contribution in [0.4, 0.5) is 10.7 Å². The lowest BCUT2D eigenvalue weighted by Crippen LogP contribution is -2.14. The van der Waals surface area contributed by atoms with Crippen LogP contribution in [0.3, 0.4) is 0 Å². The Morgan fingerprint density at radius 2 is 1.85 bits per heavy atom. The molecule has 34 heavy (non-hydrogen) atoms. The van der Waals surface area contributed by atoms with Crippen LogP contribution in [-0.2, 0) is 15.6 Å². The van der Waals surface area contributed by atoms with E-state index in [9.17, 15) is 13.2 Å². The molecule has 1 saturated carbocycles. The molecule has 2 aromatic carbocycles. The third kappa shape index (κ3) is 5.24. The lowest BCUT2D eigenvalue weighted by Gasteiger charge is -2.18. The van der Waals surface area contributed by atoms with Crippen LogP contribution in [0.15, 0.2) is 48.7 Å². The zero-order chi connectivity index (χ0) is 24.1. The van der Waals surface area contributed by atoms with Crippen LogP contribution in [0.1, 0.15) is 41.6 Å². The lowest BCUT2D eigenvalue weighted by atomic mass is 10.1. The van der Waals surface area contributed by atoms with E-state index < -0.39 is 16.9 Å². The number of nitrogens with zero attached hydrogens (tertiary/aromatic N) is 2. The zero-order valence-electron chi connectivity index (χ0n) is 18.8. The summed E-state index contributed by atoms with van der Waals surface area (Å²) in [6.07, 6.45) is 6.39. The van der Waals surface area contributed by atoms with Gasteiger partial charge in [-0.25, -0.2) is 22.5 Å². The van der Waals surface area contributed by atoms with Gasteiger partial charge in [0, 0.05) is 17.0 Å². The molecule has 0 amide bonds. The highest BCUT2D eigenvalue weighted by molar-refractivity contribution is 7.74. The number of esters is 1. The number of benzene rings is 2. The minimum absolute atomic E-state index is 0.224.